The molecule has 0 aliphatic rings. The van der Waals surface area contributed by atoms with Crippen LogP contribution in [0.25, 0.3) is 22.5 Å². The van der Waals surface area contributed by atoms with E-state index >= 15 is 0 Å². The summed E-state index contributed by atoms with van der Waals surface area (Å²) < 4.78 is 12.6. The van der Waals surface area contributed by atoms with Crippen LogP contribution in [0.1, 0.15) is 11.8 Å². The highest BCUT2D eigenvalue weighted by Crippen LogP contribution is 2.39. The number of hydrogen-bond acceptors (Lipinski definition) is 7. The highest BCUT2D eigenvalue weighted by Gasteiger charge is 2.20. The molecule has 9 heteroatoms. The molecule has 0 spiro atoms. The van der Waals surface area contributed by atoms with Crippen LogP contribution in [0, 0.1) is 6.92 Å². The zero-order valence-electron chi connectivity index (χ0n) is 19.5. The molecule has 0 aliphatic carbocycles. The maximum Gasteiger partial charge on any atom is 0.234 e. The maximum absolute atomic E-state index is 12.7. The molecule has 0 aliphatic heterocycles. The summed E-state index contributed by atoms with van der Waals surface area (Å²) in [5, 5.41) is 14.6. The molecule has 4 rings (SSSR count). The van der Waals surface area contributed by atoms with Crippen molar-refractivity contribution in [1.29, 1.82) is 0 Å². The molecule has 4 aromatic rings. The van der Waals surface area contributed by atoms with Gasteiger partial charge in [0.2, 0.25) is 5.91 Å². The quantitative estimate of drug-likeness (QED) is 0.299. The standard InChI is InChI=1S/C25H26N4O3S2/c1-5-29-24(19-14-33-16(2)23(19)17-9-7-6-8-10-17)27-28-25(29)34-15-22(30)26-20-13-18(31-3)11-12-21(20)32-4/h6-14H,5,15H2,1-4H3,(H,26,30). The Balaban J connectivity index is 1.53. The fourth-order valence-corrected chi connectivity index (χ4v) is 5.36. The average Bonchev–Trinajstić information content (AvgIpc) is 3.45. The molecule has 1 N–H and O–H groups in total. The first kappa shape index (κ1) is 23.8. The number of hydrogen-bond donors (Lipinski definition) is 1. The van der Waals surface area contributed by atoms with E-state index in [1.165, 1.54) is 22.2 Å². The minimum atomic E-state index is -0.167. The van der Waals surface area contributed by atoms with Gasteiger partial charge in [0.25, 0.3) is 0 Å². The number of benzene rings is 2. The van der Waals surface area contributed by atoms with Crippen LogP contribution in [0.4, 0.5) is 5.69 Å². The Morgan fingerprint density at radius 3 is 2.62 bits per heavy atom. The summed E-state index contributed by atoms with van der Waals surface area (Å²) in [4.78, 5) is 13.9. The van der Waals surface area contributed by atoms with Gasteiger partial charge in [0.15, 0.2) is 11.0 Å². The van der Waals surface area contributed by atoms with Crippen molar-refractivity contribution in [2.45, 2.75) is 25.5 Å². The smallest absolute Gasteiger partial charge is 0.234 e. The zero-order chi connectivity index (χ0) is 24.1. The van der Waals surface area contributed by atoms with Gasteiger partial charge in [0.1, 0.15) is 11.5 Å². The molecule has 2 aromatic carbocycles. The number of thioether (sulfide) groups is 1. The second kappa shape index (κ2) is 10.8. The minimum Gasteiger partial charge on any atom is -0.497 e. The lowest BCUT2D eigenvalue weighted by atomic mass is 10.0. The second-order valence-corrected chi connectivity index (χ2v) is 9.43. The molecule has 34 heavy (non-hydrogen) atoms. The van der Waals surface area contributed by atoms with Crippen molar-refractivity contribution in [3.05, 3.63) is 58.8 Å². The Morgan fingerprint density at radius 2 is 1.91 bits per heavy atom. The van der Waals surface area contributed by atoms with E-state index in [1.807, 2.05) is 18.2 Å². The SMILES string of the molecule is CCn1c(SCC(=O)Nc2cc(OC)ccc2OC)nnc1-c1csc(C)c1-c1ccccc1. The number of aryl methyl sites for hydroxylation is 1. The molecular formula is C25H26N4O3S2. The molecule has 176 valence electrons. The van der Waals surface area contributed by atoms with Gasteiger partial charge in [0, 0.05) is 34.0 Å². The van der Waals surface area contributed by atoms with Crippen LogP contribution in [0.15, 0.2) is 59.1 Å². The molecule has 2 heterocycles. The van der Waals surface area contributed by atoms with E-state index in [4.69, 9.17) is 9.47 Å². The van der Waals surface area contributed by atoms with Crippen molar-refractivity contribution < 1.29 is 14.3 Å². The lowest BCUT2D eigenvalue weighted by Gasteiger charge is -2.12. The van der Waals surface area contributed by atoms with Crippen LogP contribution in [0.5, 0.6) is 11.5 Å². The van der Waals surface area contributed by atoms with Gasteiger partial charge < -0.3 is 19.4 Å². The number of amides is 1. The van der Waals surface area contributed by atoms with E-state index in [2.05, 4.69) is 51.4 Å². The van der Waals surface area contributed by atoms with Gasteiger partial charge in [-0.25, -0.2) is 0 Å². The normalized spacial score (nSPS) is 10.8. The predicted molar refractivity (Wildman–Crippen MR) is 138 cm³/mol. The van der Waals surface area contributed by atoms with E-state index in [1.54, 1.807) is 43.8 Å². The van der Waals surface area contributed by atoms with E-state index in [-0.39, 0.29) is 11.7 Å². The van der Waals surface area contributed by atoms with Crippen LogP contribution in [0.2, 0.25) is 0 Å². The second-order valence-electron chi connectivity index (χ2n) is 7.40. The van der Waals surface area contributed by atoms with Crippen molar-refractivity contribution in [2.75, 3.05) is 25.3 Å². The van der Waals surface area contributed by atoms with E-state index in [0.29, 0.717) is 28.9 Å². The summed E-state index contributed by atoms with van der Waals surface area (Å²) >= 11 is 3.06. The Labute approximate surface area is 207 Å². The number of carbonyl (C=O) groups is 1. The third kappa shape index (κ3) is 4.95. The van der Waals surface area contributed by atoms with Crippen molar-refractivity contribution in [1.82, 2.24) is 14.8 Å². The summed E-state index contributed by atoms with van der Waals surface area (Å²) in [5.41, 5.74) is 3.95. The van der Waals surface area contributed by atoms with Gasteiger partial charge in [-0.05, 0) is 31.5 Å². The first-order valence-corrected chi connectivity index (χ1v) is 12.6. The summed E-state index contributed by atoms with van der Waals surface area (Å²) in [6, 6.07) is 15.6. The van der Waals surface area contributed by atoms with Crippen LogP contribution in [-0.4, -0.2) is 40.6 Å². The Morgan fingerprint density at radius 1 is 1.12 bits per heavy atom. The van der Waals surface area contributed by atoms with Crippen molar-refractivity contribution in [3.63, 3.8) is 0 Å². The molecule has 0 fully saturated rings. The number of thiophene rings is 1. The van der Waals surface area contributed by atoms with Crippen LogP contribution < -0.4 is 14.8 Å². The van der Waals surface area contributed by atoms with Crippen LogP contribution >= 0.6 is 23.1 Å². The lowest BCUT2D eigenvalue weighted by molar-refractivity contribution is -0.113. The molecule has 0 saturated carbocycles. The number of methoxy groups -OCH3 is 2. The summed E-state index contributed by atoms with van der Waals surface area (Å²) in [6.45, 7) is 4.87. The number of aromatic nitrogens is 3. The number of anilines is 1. The highest BCUT2D eigenvalue weighted by atomic mass is 32.2. The number of carbonyl (C=O) groups excluding carboxylic acids is 1. The molecule has 1 amide bonds. The number of nitrogens with one attached hydrogen (secondary N) is 1. The third-order valence-electron chi connectivity index (χ3n) is 5.32. The molecule has 0 atom stereocenters. The third-order valence-corrected chi connectivity index (χ3v) is 7.20. The molecule has 0 radical (unpaired) electrons. The fraction of sp³-hybridized carbons (Fsp3) is 0.240. The summed E-state index contributed by atoms with van der Waals surface area (Å²) in [5.74, 6) is 2.04. The van der Waals surface area contributed by atoms with Gasteiger partial charge in [-0.2, -0.15) is 0 Å². The molecular weight excluding hydrogens is 468 g/mol. The van der Waals surface area contributed by atoms with Gasteiger partial charge in [-0.3, -0.25) is 4.79 Å². The molecule has 0 saturated heterocycles. The van der Waals surface area contributed by atoms with Gasteiger partial charge >= 0.3 is 0 Å². The van der Waals surface area contributed by atoms with E-state index in [0.717, 1.165) is 17.0 Å². The minimum absolute atomic E-state index is 0.167. The number of nitrogens with zero attached hydrogens (tertiary/aromatic N) is 3. The van der Waals surface area contributed by atoms with Crippen molar-refractivity contribution >= 4 is 34.7 Å². The number of rotatable bonds is 9. The molecule has 2 aromatic heterocycles. The first-order chi connectivity index (χ1) is 16.5. The van der Waals surface area contributed by atoms with Gasteiger partial charge in [-0.1, -0.05) is 42.1 Å². The largest absolute Gasteiger partial charge is 0.497 e. The van der Waals surface area contributed by atoms with E-state index in [9.17, 15) is 4.79 Å². The van der Waals surface area contributed by atoms with Gasteiger partial charge in [0.05, 0.1) is 25.7 Å². The van der Waals surface area contributed by atoms with E-state index < -0.39 is 0 Å². The maximum atomic E-state index is 12.7. The Bertz CT molecular complexity index is 1280. The summed E-state index contributed by atoms with van der Waals surface area (Å²) in [7, 11) is 3.14. The van der Waals surface area contributed by atoms with Crippen molar-refractivity contribution in [3.8, 4) is 34.0 Å². The molecule has 0 unspecified atom stereocenters. The average molecular weight is 495 g/mol. The lowest BCUT2D eigenvalue weighted by Crippen LogP contribution is -2.15. The molecule has 7 nitrogen and oxygen atoms in total. The van der Waals surface area contributed by atoms with Crippen LogP contribution in [-0.2, 0) is 11.3 Å². The molecule has 0 bridgehead atoms. The van der Waals surface area contributed by atoms with Crippen molar-refractivity contribution in [2.24, 2.45) is 0 Å². The van der Waals surface area contributed by atoms with Gasteiger partial charge in [-0.15, -0.1) is 21.5 Å². The highest BCUT2D eigenvalue weighted by molar-refractivity contribution is 7.99. The van der Waals surface area contributed by atoms with Crippen LogP contribution in [0.3, 0.4) is 0 Å². The Hall–Kier alpha value is -3.30. The number of ether oxygens (including phenoxy) is 2. The monoisotopic (exact) mass is 494 g/mol. The zero-order valence-corrected chi connectivity index (χ0v) is 21.1. The Kier molecular flexibility index (Phi) is 7.54. The summed E-state index contributed by atoms with van der Waals surface area (Å²) in [6.07, 6.45) is 0. The topological polar surface area (TPSA) is 78.3 Å². The first-order valence-electron chi connectivity index (χ1n) is 10.8. The fourth-order valence-electron chi connectivity index (χ4n) is 3.69. The predicted octanol–water partition coefficient (Wildman–Crippen LogP) is 5.75.